The molecule has 0 spiro atoms. The van der Waals surface area contributed by atoms with Crippen LogP contribution in [0.1, 0.15) is 99.8 Å². The summed E-state index contributed by atoms with van der Waals surface area (Å²) < 4.78 is 5.15. The first-order valence-corrected chi connectivity index (χ1v) is 14.2. The Labute approximate surface area is 228 Å². The van der Waals surface area contributed by atoms with Gasteiger partial charge in [0, 0.05) is 10.8 Å². The molecule has 0 amide bonds. The van der Waals surface area contributed by atoms with Crippen LogP contribution in [0.2, 0.25) is 0 Å². The zero-order valence-corrected chi connectivity index (χ0v) is 24.5. The monoisotopic (exact) mass is 517 g/mol. The van der Waals surface area contributed by atoms with Gasteiger partial charge >= 0.3 is 5.97 Å². The van der Waals surface area contributed by atoms with Gasteiger partial charge in [0.1, 0.15) is 0 Å². The quantitative estimate of drug-likeness (QED) is 0.291. The van der Waals surface area contributed by atoms with Crippen molar-refractivity contribution in [3.63, 3.8) is 0 Å². The third-order valence-electron chi connectivity index (χ3n) is 12.1. The number of ketones is 2. The average Bonchev–Trinajstić information content (AvgIpc) is 2.83. The van der Waals surface area contributed by atoms with Crippen molar-refractivity contribution in [2.45, 2.75) is 99.8 Å². The number of nitrogens with zero attached hydrogens (tertiary/aromatic N) is 1. The fourth-order valence-corrected chi connectivity index (χ4v) is 9.61. The lowest BCUT2D eigenvalue weighted by Crippen LogP contribution is -2.63. The van der Waals surface area contributed by atoms with Crippen LogP contribution in [0.5, 0.6) is 0 Å². The van der Waals surface area contributed by atoms with E-state index in [4.69, 9.17) is 11.3 Å². The Morgan fingerprint density at radius 3 is 2.29 bits per heavy atom. The van der Waals surface area contributed by atoms with Crippen molar-refractivity contribution in [2.75, 3.05) is 7.11 Å². The summed E-state index contributed by atoms with van der Waals surface area (Å²) in [6.45, 7) is 23.0. The smallest absolute Gasteiger partial charge is 0.306 e. The van der Waals surface area contributed by atoms with Crippen LogP contribution in [0, 0.1) is 56.8 Å². The van der Waals surface area contributed by atoms with Gasteiger partial charge in [-0.15, -0.1) is 0 Å². The van der Waals surface area contributed by atoms with E-state index in [1.807, 2.05) is 26.0 Å². The summed E-state index contributed by atoms with van der Waals surface area (Å²) in [4.78, 5) is 43.9. The molecule has 0 unspecified atom stereocenters. The molecule has 0 N–H and O–H groups in total. The maximum atomic E-state index is 14.4. The van der Waals surface area contributed by atoms with Crippen molar-refractivity contribution in [2.24, 2.45) is 38.4 Å². The van der Waals surface area contributed by atoms with Crippen LogP contribution in [-0.4, -0.2) is 24.6 Å². The van der Waals surface area contributed by atoms with Crippen LogP contribution in [-0.2, 0) is 19.1 Å². The van der Waals surface area contributed by atoms with Gasteiger partial charge in [0.05, 0.1) is 26.0 Å². The van der Waals surface area contributed by atoms with Gasteiger partial charge in [-0.3, -0.25) is 9.59 Å². The van der Waals surface area contributed by atoms with Gasteiger partial charge in [0.2, 0.25) is 5.70 Å². The molecule has 2 radical (unpaired) electrons. The molecule has 5 heteroatoms. The second-order valence-electron chi connectivity index (χ2n) is 14.9. The molecule has 0 aliphatic heterocycles. The Hall–Kier alpha value is -2.22. The van der Waals surface area contributed by atoms with Crippen LogP contribution in [0.4, 0.5) is 0 Å². The molecular formula is C33H43NO4. The fraction of sp³-hybridized carbons (Fsp3) is 0.697. The van der Waals surface area contributed by atoms with Crippen molar-refractivity contribution in [3.05, 3.63) is 46.7 Å². The van der Waals surface area contributed by atoms with E-state index in [2.05, 4.69) is 39.5 Å². The SMILES string of the molecule is [C-]#[N+]C1=C[C@]2(C)C3=CC(=O)[C]4[C]5CC(C)(C)CC[C@]5(CC(=O)OC)CC[C@@]4(C)[C@]3(C)CC[C@H]2C(C)(C)C1=O. The molecule has 0 aromatic rings. The Kier molecular flexibility index (Phi) is 5.87. The van der Waals surface area contributed by atoms with Crippen LogP contribution in [0.25, 0.3) is 4.85 Å². The lowest BCUT2D eigenvalue weighted by atomic mass is 9.34. The van der Waals surface area contributed by atoms with Crippen LogP contribution < -0.4 is 0 Å². The van der Waals surface area contributed by atoms with E-state index < -0.39 is 10.8 Å². The number of esters is 1. The van der Waals surface area contributed by atoms with Gasteiger partial charge in [0.15, 0.2) is 11.6 Å². The van der Waals surface area contributed by atoms with E-state index in [0.717, 1.165) is 56.4 Å². The maximum Gasteiger partial charge on any atom is 0.306 e. The molecule has 204 valence electrons. The summed E-state index contributed by atoms with van der Waals surface area (Å²) in [7, 11) is 1.45. The summed E-state index contributed by atoms with van der Waals surface area (Å²) >= 11 is 0. The maximum absolute atomic E-state index is 14.4. The molecule has 0 aromatic carbocycles. The van der Waals surface area contributed by atoms with E-state index in [9.17, 15) is 14.4 Å². The predicted octanol–water partition coefficient (Wildman–Crippen LogP) is 7.04. The number of hydrogen-bond donors (Lipinski definition) is 0. The number of methoxy groups -OCH3 is 1. The minimum Gasteiger partial charge on any atom is -0.469 e. The number of fused-ring (bicyclic) bond motifs is 7. The number of rotatable bonds is 2. The molecule has 3 fully saturated rings. The minimum atomic E-state index is -0.663. The molecule has 0 bridgehead atoms. The molecule has 5 atom stereocenters. The standard InChI is InChI=1S/C33H43NO4/c1-28(2)12-14-33(19-25(36)38-9)15-13-32(7)26(20(33)17-28)22(35)16-24-30(5)18-21(34-8)27(37)29(3,4)23(30)10-11-31(24,32)6/h16,18,23H,10-15,17,19H2,1-7,9H3/t23-,30-,31+,32+,33+/m0/s1. The van der Waals surface area contributed by atoms with E-state index in [-0.39, 0.29) is 50.8 Å². The Balaban J connectivity index is 1.68. The molecule has 0 saturated heterocycles. The normalized spacial score (nSPS) is 41.9. The molecule has 5 aliphatic rings. The second-order valence-corrected chi connectivity index (χ2v) is 14.9. The van der Waals surface area contributed by atoms with Gasteiger partial charge in [-0.1, -0.05) is 60.1 Å². The van der Waals surface area contributed by atoms with E-state index in [1.165, 1.54) is 13.0 Å². The highest BCUT2D eigenvalue weighted by molar-refractivity contribution is 6.08. The van der Waals surface area contributed by atoms with E-state index in [1.54, 1.807) is 0 Å². The summed E-state index contributed by atoms with van der Waals surface area (Å²) in [5.41, 5.74) is -0.806. The van der Waals surface area contributed by atoms with Crippen LogP contribution in [0.15, 0.2) is 23.4 Å². The molecule has 0 aromatic heterocycles. The van der Waals surface area contributed by atoms with E-state index in [0.29, 0.717) is 6.42 Å². The van der Waals surface area contributed by atoms with Crippen molar-refractivity contribution >= 4 is 17.5 Å². The van der Waals surface area contributed by atoms with Gasteiger partial charge in [-0.2, -0.15) is 0 Å². The Bertz CT molecular complexity index is 1220. The Morgan fingerprint density at radius 2 is 1.66 bits per heavy atom. The molecule has 3 saturated carbocycles. The number of carbonyl (C=O) groups is 3. The summed E-state index contributed by atoms with van der Waals surface area (Å²) in [6.07, 6.45) is 10.3. The molecule has 38 heavy (non-hydrogen) atoms. The zero-order chi connectivity index (χ0) is 28.1. The summed E-state index contributed by atoms with van der Waals surface area (Å²) in [5.74, 6) is 1.96. The molecule has 5 aliphatic carbocycles. The highest BCUT2D eigenvalue weighted by Crippen LogP contribution is 2.76. The fourth-order valence-electron chi connectivity index (χ4n) is 9.61. The topological polar surface area (TPSA) is 64.8 Å². The number of Topliss-reactive ketones (excluding diaryl/α,β-unsaturated/α-hetero) is 1. The van der Waals surface area contributed by atoms with Crippen LogP contribution in [0.3, 0.4) is 0 Å². The largest absolute Gasteiger partial charge is 0.469 e. The third kappa shape index (κ3) is 3.37. The first-order chi connectivity index (χ1) is 17.5. The second kappa shape index (κ2) is 8.15. The average molecular weight is 518 g/mol. The minimum absolute atomic E-state index is 0.0357. The number of carbonyl (C=O) groups excluding carboxylic acids is 3. The van der Waals surface area contributed by atoms with Crippen LogP contribution >= 0.6 is 0 Å². The number of hydrogen-bond acceptors (Lipinski definition) is 4. The molecule has 0 heterocycles. The van der Waals surface area contributed by atoms with Crippen molar-refractivity contribution < 1.29 is 19.1 Å². The lowest BCUT2D eigenvalue weighted by Gasteiger charge is -2.69. The first kappa shape index (κ1) is 27.4. The van der Waals surface area contributed by atoms with Gasteiger partial charge < -0.3 is 9.53 Å². The highest BCUT2D eigenvalue weighted by Gasteiger charge is 2.70. The third-order valence-corrected chi connectivity index (χ3v) is 12.1. The highest BCUT2D eigenvalue weighted by atomic mass is 16.5. The number of allylic oxidation sites excluding steroid dienone is 4. The summed E-state index contributed by atoms with van der Waals surface area (Å²) in [5, 5.41) is 0. The van der Waals surface area contributed by atoms with Gasteiger partial charge in [0.25, 0.3) is 0 Å². The molecule has 5 rings (SSSR count). The van der Waals surface area contributed by atoms with Gasteiger partial charge in [-0.25, -0.2) is 4.85 Å². The van der Waals surface area contributed by atoms with E-state index >= 15 is 0 Å². The zero-order valence-electron chi connectivity index (χ0n) is 24.5. The lowest BCUT2D eigenvalue weighted by molar-refractivity contribution is -0.146. The molecular weight excluding hydrogens is 474 g/mol. The van der Waals surface area contributed by atoms with Crippen molar-refractivity contribution in [3.8, 4) is 0 Å². The predicted molar refractivity (Wildman–Crippen MR) is 146 cm³/mol. The van der Waals surface area contributed by atoms with Crippen molar-refractivity contribution in [1.82, 2.24) is 0 Å². The number of ether oxygens (including phenoxy) is 1. The summed E-state index contributed by atoms with van der Waals surface area (Å²) in [6, 6.07) is 0. The molecule has 5 nitrogen and oxygen atoms in total. The Morgan fingerprint density at radius 1 is 1.00 bits per heavy atom. The van der Waals surface area contributed by atoms with Gasteiger partial charge in [-0.05, 0) is 84.5 Å². The van der Waals surface area contributed by atoms with Crippen molar-refractivity contribution in [1.29, 1.82) is 0 Å². The first-order valence-electron chi connectivity index (χ1n) is 14.2.